The normalized spacial score (nSPS) is 9.07. The Bertz CT molecular complexity index is 738. The minimum absolute atomic E-state index is 0.0348. The summed E-state index contributed by atoms with van der Waals surface area (Å²) < 4.78 is 11.4. The predicted molar refractivity (Wildman–Crippen MR) is 125 cm³/mol. The molecule has 2 N–H and O–H groups in total. The van der Waals surface area contributed by atoms with E-state index in [1.807, 2.05) is 26.0 Å². The molecule has 0 aliphatic rings. The van der Waals surface area contributed by atoms with Gasteiger partial charge in [0.2, 0.25) is 0 Å². The number of hydrogen-bond acceptors (Lipinski definition) is 6. The molecule has 0 spiro atoms. The first-order valence-electron chi connectivity index (χ1n) is 9.92. The zero-order chi connectivity index (χ0) is 23.7. The standard InChI is InChI=1S/C17H18O5S.C3H8.C2H6.CH4O/c1-10(5-4-6-16(18)19)17(20)15-8-11-7-12(21-2)13(22-3)9-14(11)23-15;1-3-2;2*1-2/h7-9H,1,4-6H2,2-3H3,(H,18,19);3H2,1-2H3;1-2H3;2H,1H3. The predicted octanol–water partition coefficient (Wildman–Crippen LogP) is 5.96. The van der Waals surface area contributed by atoms with E-state index in [-0.39, 0.29) is 12.2 Å². The topological polar surface area (TPSA) is 93.1 Å². The Morgan fingerprint density at radius 2 is 1.50 bits per heavy atom. The van der Waals surface area contributed by atoms with Crippen molar-refractivity contribution in [3.8, 4) is 11.5 Å². The number of carbonyl (C=O) groups excluding carboxylic acids is 1. The number of methoxy groups -OCH3 is 2. The van der Waals surface area contributed by atoms with E-state index < -0.39 is 5.97 Å². The van der Waals surface area contributed by atoms with Crippen molar-refractivity contribution in [2.24, 2.45) is 0 Å². The summed E-state index contributed by atoms with van der Waals surface area (Å²) in [6, 6.07) is 5.46. The van der Waals surface area contributed by atoms with Gasteiger partial charge in [-0.15, -0.1) is 11.3 Å². The van der Waals surface area contributed by atoms with Crippen LogP contribution in [-0.2, 0) is 4.79 Å². The van der Waals surface area contributed by atoms with Gasteiger partial charge in [0, 0.05) is 24.3 Å². The average molecular weight is 441 g/mol. The fraction of sp³-hybridized carbons (Fsp3) is 0.478. The summed E-state index contributed by atoms with van der Waals surface area (Å²) in [5.74, 6) is 0.207. The van der Waals surface area contributed by atoms with Gasteiger partial charge in [-0.05, 0) is 35.9 Å². The zero-order valence-corrected chi connectivity index (χ0v) is 20.0. The first-order valence-corrected chi connectivity index (χ1v) is 10.7. The number of ketones is 1. The Labute approximate surface area is 184 Å². The third-order valence-electron chi connectivity index (χ3n) is 3.44. The maximum atomic E-state index is 12.4. The molecule has 0 radical (unpaired) electrons. The highest BCUT2D eigenvalue weighted by Crippen LogP contribution is 2.37. The van der Waals surface area contributed by atoms with Crippen LogP contribution in [0.3, 0.4) is 0 Å². The smallest absolute Gasteiger partial charge is 0.303 e. The highest BCUT2D eigenvalue weighted by molar-refractivity contribution is 7.21. The molecule has 0 bridgehead atoms. The Morgan fingerprint density at radius 1 is 1.00 bits per heavy atom. The van der Waals surface area contributed by atoms with Crippen molar-refractivity contribution in [1.29, 1.82) is 0 Å². The molecule has 6 nitrogen and oxygen atoms in total. The summed E-state index contributed by atoms with van der Waals surface area (Å²) in [6.45, 7) is 12.0. The molecule has 0 atom stereocenters. The van der Waals surface area contributed by atoms with Crippen molar-refractivity contribution >= 4 is 33.2 Å². The summed E-state index contributed by atoms with van der Waals surface area (Å²) in [6.07, 6.45) is 2.07. The van der Waals surface area contributed by atoms with Gasteiger partial charge in [-0.3, -0.25) is 9.59 Å². The van der Waals surface area contributed by atoms with Gasteiger partial charge in [-0.25, -0.2) is 0 Å². The molecule has 1 aromatic heterocycles. The maximum Gasteiger partial charge on any atom is 0.303 e. The summed E-state index contributed by atoms with van der Waals surface area (Å²) in [5, 5.41) is 16.5. The first-order chi connectivity index (χ1) is 14.4. The minimum Gasteiger partial charge on any atom is -0.493 e. The number of allylic oxidation sites excluding steroid dienone is 1. The van der Waals surface area contributed by atoms with Crippen LogP contribution in [0.5, 0.6) is 11.5 Å². The molecule has 0 unspecified atom stereocenters. The molecular formula is C23H36O6S. The third kappa shape index (κ3) is 9.89. The molecule has 30 heavy (non-hydrogen) atoms. The van der Waals surface area contributed by atoms with Crippen molar-refractivity contribution in [2.75, 3.05) is 21.3 Å². The molecule has 0 fully saturated rings. The maximum absolute atomic E-state index is 12.4. The molecule has 1 heterocycles. The Morgan fingerprint density at radius 3 is 1.97 bits per heavy atom. The van der Waals surface area contributed by atoms with Crippen molar-refractivity contribution in [3.05, 3.63) is 35.2 Å². The lowest BCUT2D eigenvalue weighted by Gasteiger charge is -2.06. The second-order valence-electron chi connectivity index (χ2n) is 5.74. The highest BCUT2D eigenvalue weighted by atomic mass is 32.1. The number of aliphatic carboxylic acids is 1. The van der Waals surface area contributed by atoms with E-state index in [1.54, 1.807) is 20.3 Å². The number of aliphatic hydroxyl groups is 1. The lowest BCUT2D eigenvalue weighted by atomic mass is 10.0. The summed E-state index contributed by atoms with van der Waals surface area (Å²) >= 11 is 1.36. The van der Waals surface area contributed by atoms with Crippen molar-refractivity contribution in [2.45, 2.75) is 53.4 Å². The number of aliphatic hydroxyl groups excluding tert-OH is 1. The molecule has 1 aromatic carbocycles. The van der Waals surface area contributed by atoms with Gasteiger partial charge in [0.1, 0.15) is 0 Å². The quantitative estimate of drug-likeness (QED) is 0.388. The molecule has 0 saturated carbocycles. The van der Waals surface area contributed by atoms with Crippen LogP contribution in [0.1, 0.15) is 63.0 Å². The van der Waals surface area contributed by atoms with Crippen LogP contribution < -0.4 is 9.47 Å². The van der Waals surface area contributed by atoms with Crippen molar-refractivity contribution < 1.29 is 29.3 Å². The van der Waals surface area contributed by atoms with Gasteiger partial charge < -0.3 is 19.7 Å². The zero-order valence-electron chi connectivity index (χ0n) is 19.2. The second-order valence-corrected chi connectivity index (χ2v) is 6.83. The van der Waals surface area contributed by atoms with Crippen LogP contribution >= 0.6 is 11.3 Å². The van der Waals surface area contributed by atoms with Crippen LogP contribution in [0.4, 0.5) is 0 Å². The van der Waals surface area contributed by atoms with Gasteiger partial charge in [-0.2, -0.15) is 0 Å². The van der Waals surface area contributed by atoms with E-state index in [9.17, 15) is 9.59 Å². The molecule has 0 amide bonds. The molecule has 2 rings (SSSR count). The van der Waals surface area contributed by atoms with Crippen LogP contribution in [-0.4, -0.2) is 43.3 Å². The lowest BCUT2D eigenvalue weighted by Crippen LogP contribution is -2.01. The van der Waals surface area contributed by atoms with Gasteiger partial charge in [0.25, 0.3) is 0 Å². The lowest BCUT2D eigenvalue weighted by molar-refractivity contribution is -0.137. The van der Waals surface area contributed by atoms with Gasteiger partial charge in [0.05, 0.1) is 19.1 Å². The van der Waals surface area contributed by atoms with E-state index in [1.165, 1.54) is 17.8 Å². The van der Waals surface area contributed by atoms with E-state index in [4.69, 9.17) is 19.7 Å². The fourth-order valence-corrected chi connectivity index (χ4v) is 3.28. The summed E-state index contributed by atoms with van der Waals surface area (Å²) in [4.78, 5) is 23.5. The summed E-state index contributed by atoms with van der Waals surface area (Å²) in [7, 11) is 4.13. The number of carboxylic acids is 1. The highest BCUT2D eigenvalue weighted by Gasteiger charge is 2.16. The molecule has 0 aliphatic carbocycles. The van der Waals surface area contributed by atoms with Crippen LogP contribution in [0.2, 0.25) is 0 Å². The van der Waals surface area contributed by atoms with E-state index >= 15 is 0 Å². The Hall–Kier alpha value is -2.38. The number of fused-ring (bicyclic) bond motifs is 1. The van der Waals surface area contributed by atoms with Crippen molar-refractivity contribution in [1.82, 2.24) is 0 Å². The van der Waals surface area contributed by atoms with E-state index in [2.05, 4.69) is 20.4 Å². The van der Waals surface area contributed by atoms with Crippen LogP contribution in [0.15, 0.2) is 30.4 Å². The second kappa shape index (κ2) is 17.5. The largest absolute Gasteiger partial charge is 0.493 e. The number of carbonyl (C=O) groups is 2. The van der Waals surface area contributed by atoms with E-state index in [0.717, 1.165) is 17.2 Å². The van der Waals surface area contributed by atoms with Crippen molar-refractivity contribution in [3.63, 3.8) is 0 Å². The first kappa shape index (κ1) is 29.8. The number of Topliss-reactive ketones (excluding diaryl/α,β-unsaturated/α-hetero) is 1. The number of thiophene rings is 1. The van der Waals surface area contributed by atoms with E-state index in [0.29, 0.717) is 34.8 Å². The monoisotopic (exact) mass is 440 g/mol. The number of hydrogen-bond donors (Lipinski definition) is 2. The van der Waals surface area contributed by atoms with Gasteiger partial charge in [0.15, 0.2) is 17.3 Å². The molecular weight excluding hydrogens is 404 g/mol. The molecule has 0 saturated heterocycles. The number of ether oxygens (including phenoxy) is 2. The molecule has 2 aromatic rings. The van der Waals surface area contributed by atoms with Gasteiger partial charge >= 0.3 is 5.97 Å². The molecule has 170 valence electrons. The SMILES string of the molecule is C=C(CCCC(=O)O)C(=O)c1cc2cc(OC)c(OC)cc2s1.CC.CCC.CO. The number of rotatable bonds is 8. The molecule has 7 heteroatoms. The van der Waals surface area contributed by atoms with Gasteiger partial charge in [-0.1, -0.05) is 40.7 Å². The Balaban J connectivity index is 0. The number of benzene rings is 1. The van der Waals surface area contributed by atoms with Crippen LogP contribution in [0.25, 0.3) is 10.1 Å². The van der Waals surface area contributed by atoms with Crippen LogP contribution in [0, 0.1) is 0 Å². The average Bonchev–Trinajstić information content (AvgIpc) is 3.18. The Kier molecular flexibility index (Phi) is 17.4. The molecule has 0 aliphatic heterocycles. The third-order valence-corrected chi connectivity index (χ3v) is 4.53. The fourth-order valence-electron chi connectivity index (χ4n) is 2.22. The number of carboxylic acid groups (broad SMARTS) is 1. The summed E-state index contributed by atoms with van der Waals surface area (Å²) in [5.41, 5.74) is 0.428. The minimum atomic E-state index is -0.869.